The molecule has 18 heavy (non-hydrogen) atoms. The molecule has 2 heterocycles. The highest BCUT2D eigenvalue weighted by molar-refractivity contribution is 9.11. The van der Waals surface area contributed by atoms with Crippen molar-refractivity contribution in [3.05, 3.63) is 20.3 Å². The predicted molar refractivity (Wildman–Crippen MR) is 79.2 cm³/mol. The quantitative estimate of drug-likeness (QED) is 0.907. The number of halogens is 1. The number of nitrogens with one attached hydrogen (secondary N) is 1. The molecule has 3 unspecified atom stereocenters. The Morgan fingerprint density at radius 2 is 2.39 bits per heavy atom. The zero-order chi connectivity index (χ0) is 12.5. The molecule has 1 fully saturated rings. The van der Waals surface area contributed by atoms with Gasteiger partial charge >= 0.3 is 0 Å². The van der Waals surface area contributed by atoms with Crippen LogP contribution in [0.3, 0.4) is 0 Å². The van der Waals surface area contributed by atoms with Crippen molar-refractivity contribution < 1.29 is 4.74 Å². The van der Waals surface area contributed by atoms with Crippen molar-refractivity contribution in [2.45, 2.75) is 44.8 Å². The summed E-state index contributed by atoms with van der Waals surface area (Å²) in [7, 11) is 0. The highest BCUT2D eigenvalue weighted by atomic mass is 79.9. The van der Waals surface area contributed by atoms with E-state index in [1.165, 1.54) is 35.0 Å². The first-order valence-electron chi connectivity index (χ1n) is 6.87. The van der Waals surface area contributed by atoms with E-state index >= 15 is 0 Å². The molecule has 4 heteroatoms. The van der Waals surface area contributed by atoms with Crippen LogP contribution in [0, 0.1) is 5.92 Å². The van der Waals surface area contributed by atoms with Crippen molar-refractivity contribution in [1.29, 1.82) is 0 Å². The van der Waals surface area contributed by atoms with Crippen LogP contribution in [0.25, 0.3) is 0 Å². The summed E-state index contributed by atoms with van der Waals surface area (Å²) in [6.45, 7) is 4.24. The van der Waals surface area contributed by atoms with Gasteiger partial charge in [-0.2, -0.15) is 0 Å². The van der Waals surface area contributed by atoms with E-state index in [0.717, 1.165) is 13.2 Å². The topological polar surface area (TPSA) is 21.3 Å². The Labute approximate surface area is 121 Å². The monoisotopic (exact) mass is 329 g/mol. The number of hydrogen-bond donors (Lipinski definition) is 1. The highest BCUT2D eigenvalue weighted by Crippen LogP contribution is 2.38. The van der Waals surface area contributed by atoms with E-state index in [0.29, 0.717) is 18.1 Å². The van der Waals surface area contributed by atoms with Crippen molar-refractivity contribution in [3.8, 4) is 0 Å². The second kappa shape index (κ2) is 5.61. The van der Waals surface area contributed by atoms with Crippen LogP contribution in [0.2, 0.25) is 0 Å². The van der Waals surface area contributed by atoms with Gasteiger partial charge in [-0.15, -0.1) is 11.3 Å². The molecule has 1 aliphatic heterocycles. The Kier molecular flexibility index (Phi) is 4.09. The summed E-state index contributed by atoms with van der Waals surface area (Å²) in [5.41, 5.74) is 1.53. The molecular formula is C14H20BrNOS. The zero-order valence-corrected chi connectivity index (χ0v) is 13.1. The lowest BCUT2D eigenvalue weighted by atomic mass is 9.93. The van der Waals surface area contributed by atoms with Gasteiger partial charge < -0.3 is 10.1 Å². The average molecular weight is 330 g/mol. The number of rotatable bonds is 3. The predicted octanol–water partition coefficient (Wildman–Crippen LogP) is 3.90. The second-order valence-electron chi connectivity index (χ2n) is 5.41. The van der Waals surface area contributed by atoms with Gasteiger partial charge in [0.2, 0.25) is 0 Å². The summed E-state index contributed by atoms with van der Waals surface area (Å²) in [4.78, 5) is 1.57. The molecule has 1 aromatic heterocycles. The summed E-state index contributed by atoms with van der Waals surface area (Å²) in [6, 6.07) is 2.87. The molecular weight excluding hydrogens is 310 g/mol. The van der Waals surface area contributed by atoms with Crippen molar-refractivity contribution in [2.24, 2.45) is 5.92 Å². The van der Waals surface area contributed by atoms with Crippen molar-refractivity contribution in [1.82, 2.24) is 5.32 Å². The van der Waals surface area contributed by atoms with E-state index < -0.39 is 0 Å². The van der Waals surface area contributed by atoms with Crippen LogP contribution in [0.4, 0.5) is 0 Å². The minimum absolute atomic E-state index is 0.426. The number of hydrogen-bond acceptors (Lipinski definition) is 3. The summed E-state index contributed by atoms with van der Waals surface area (Å²) < 4.78 is 6.91. The average Bonchev–Trinajstić information content (AvgIpc) is 2.91. The van der Waals surface area contributed by atoms with Gasteiger partial charge in [0, 0.05) is 24.1 Å². The largest absolute Gasteiger partial charge is 0.378 e. The Morgan fingerprint density at radius 3 is 3.17 bits per heavy atom. The third kappa shape index (κ3) is 2.67. The smallest absolute Gasteiger partial charge is 0.0704 e. The summed E-state index contributed by atoms with van der Waals surface area (Å²) in [5.74, 6) is 0.692. The molecule has 1 aliphatic carbocycles. The van der Waals surface area contributed by atoms with Crippen LogP contribution in [-0.2, 0) is 11.2 Å². The summed E-state index contributed by atoms with van der Waals surface area (Å²) >= 11 is 5.52. The van der Waals surface area contributed by atoms with E-state index in [4.69, 9.17) is 4.74 Å². The van der Waals surface area contributed by atoms with Crippen molar-refractivity contribution in [2.75, 3.05) is 13.2 Å². The Bertz CT molecular complexity index is 420. The second-order valence-corrected chi connectivity index (χ2v) is 7.92. The van der Waals surface area contributed by atoms with E-state index in [1.807, 2.05) is 11.3 Å². The van der Waals surface area contributed by atoms with Crippen LogP contribution < -0.4 is 5.32 Å². The molecule has 0 radical (unpaired) electrons. The molecule has 100 valence electrons. The molecule has 3 atom stereocenters. The van der Waals surface area contributed by atoms with Crippen molar-refractivity contribution in [3.63, 3.8) is 0 Å². The third-order valence-electron chi connectivity index (χ3n) is 4.24. The van der Waals surface area contributed by atoms with Crippen LogP contribution in [0.15, 0.2) is 9.85 Å². The van der Waals surface area contributed by atoms with Gasteiger partial charge in [0.05, 0.1) is 9.89 Å². The van der Waals surface area contributed by atoms with E-state index in [1.54, 1.807) is 4.88 Å². The molecule has 3 rings (SSSR count). The first kappa shape index (κ1) is 13.1. The van der Waals surface area contributed by atoms with E-state index in [9.17, 15) is 0 Å². The van der Waals surface area contributed by atoms with Crippen LogP contribution in [0.1, 0.15) is 42.7 Å². The lowest BCUT2D eigenvalue weighted by molar-refractivity contribution is 0.104. The molecule has 0 bridgehead atoms. The normalized spacial score (nSPS) is 31.6. The van der Waals surface area contributed by atoms with Crippen LogP contribution in [-0.4, -0.2) is 19.3 Å². The number of ether oxygens (including phenoxy) is 1. The molecule has 1 N–H and O–H groups in total. The van der Waals surface area contributed by atoms with Gasteiger partial charge in [-0.3, -0.25) is 0 Å². The number of aryl methyl sites for hydroxylation is 1. The number of thiophene rings is 1. The zero-order valence-electron chi connectivity index (χ0n) is 10.7. The Morgan fingerprint density at radius 1 is 1.50 bits per heavy atom. The molecule has 2 nitrogen and oxygen atoms in total. The number of fused-ring (bicyclic) bond motifs is 1. The fraction of sp³-hybridized carbons (Fsp3) is 0.714. The van der Waals surface area contributed by atoms with Gasteiger partial charge in [-0.05, 0) is 66.1 Å². The van der Waals surface area contributed by atoms with Crippen LogP contribution >= 0.6 is 27.3 Å². The first-order chi connectivity index (χ1) is 8.74. The van der Waals surface area contributed by atoms with Gasteiger partial charge in [-0.25, -0.2) is 0 Å². The van der Waals surface area contributed by atoms with E-state index in [2.05, 4.69) is 34.2 Å². The lowest BCUT2D eigenvalue weighted by Gasteiger charge is -2.26. The maximum absolute atomic E-state index is 5.63. The van der Waals surface area contributed by atoms with Crippen LogP contribution in [0.5, 0.6) is 0 Å². The summed E-state index contributed by atoms with van der Waals surface area (Å²) in [5, 5.41) is 3.77. The maximum Gasteiger partial charge on any atom is 0.0704 e. The van der Waals surface area contributed by atoms with Gasteiger partial charge in [0.25, 0.3) is 0 Å². The lowest BCUT2D eigenvalue weighted by Crippen LogP contribution is -2.31. The van der Waals surface area contributed by atoms with E-state index in [-0.39, 0.29) is 0 Å². The fourth-order valence-corrected chi connectivity index (χ4v) is 4.89. The standard InChI is InChI=1S/C14H20BrNOS/c1-9-10(5-6-17-9)8-16-12-3-2-4-13-11(12)7-14(15)18-13/h7,9-10,12,16H,2-6,8H2,1H3. The molecule has 0 amide bonds. The van der Waals surface area contributed by atoms with Crippen molar-refractivity contribution >= 4 is 27.3 Å². The maximum atomic E-state index is 5.63. The molecule has 0 aromatic carbocycles. The Hall–Kier alpha value is 0.100. The Balaban J connectivity index is 1.63. The first-order valence-corrected chi connectivity index (χ1v) is 8.48. The van der Waals surface area contributed by atoms with Gasteiger partial charge in [0.15, 0.2) is 0 Å². The molecule has 0 saturated carbocycles. The minimum atomic E-state index is 0.426. The minimum Gasteiger partial charge on any atom is -0.378 e. The third-order valence-corrected chi connectivity index (χ3v) is 5.96. The fourth-order valence-electron chi connectivity index (χ4n) is 3.07. The molecule has 0 spiro atoms. The SMILES string of the molecule is CC1OCCC1CNC1CCCc2sc(Br)cc21. The van der Waals surface area contributed by atoms with Gasteiger partial charge in [-0.1, -0.05) is 0 Å². The van der Waals surface area contributed by atoms with Gasteiger partial charge in [0.1, 0.15) is 0 Å². The molecule has 1 aromatic rings. The summed E-state index contributed by atoms with van der Waals surface area (Å²) in [6.07, 6.45) is 5.48. The molecule has 2 aliphatic rings. The molecule has 1 saturated heterocycles. The highest BCUT2D eigenvalue weighted by Gasteiger charge is 2.27.